The molecule has 0 unspecified atom stereocenters. The maximum absolute atomic E-state index is 5.27. The van der Waals surface area contributed by atoms with E-state index < -0.39 is 0 Å². The first-order valence-electron chi connectivity index (χ1n) is 2.16. The minimum absolute atomic E-state index is 0.341. The standard InChI is InChI=1S/C4H9ClN2/c1-2-7-4(6)3-5/h2-3H2,1H3,(H2,6,7). The second-order valence-electron chi connectivity index (χ2n) is 1.10. The summed E-state index contributed by atoms with van der Waals surface area (Å²) in [4.78, 5) is 3.81. The van der Waals surface area contributed by atoms with E-state index in [9.17, 15) is 0 Å². The van der Waals surface area contributed by atoms with E-state index in [1.807, 2.05) is 6.92 Å². The van der Waals surface area contributed by atoms with Crippen LogP contribution in [0.2, 0.25) is 0 Å². The molecule has 0 saturated heterocycles. The molecule has 0 bridgehead atoms. The second-order valence-corrected chi connectivity index (χ2v) is 1.37. The van der Waals surface area contributed by atoms with Crippen molar-refractivity contribution in [3.05, 3.63) is 0 Å². The Morgan fingerprint density at radius 1 is 1.86 bits per heavy atom. The van der Waals surface area contributed by atoms with Gasteiger partial charge in [0.25, 0.3) is 0 Å². The van der Waals surface area contributed by atoms with Crippen LogP contribution in [0.25, 0.3) is 0 Å². The van der Waals surface area contributed by atoms with E-state index in [2.05, 4.69) is 4.99 Å². The lowest BCUT2D eigenvalue weighted by atomic mass is 10.7. The van der Waals surface area contributed by atoms with Gasteiger partial charge in [0.15, 0.2) is 0 Å². The van der Waals surface area contributed by atoms with Crippen molar-refractivity contribution < 1.29 is 0 Å². The van der Waals surface area contributed by atoms with Crippen molar-refractivity contribution in [2.45, 2.75) is 6.92 Å². The van der Waals surface area contributed by atoms with Crippen LogP contribution in [0.15, 0.2) is 4.99 Å². The molecule has 0 aromatic carbocycles. The molecular weight excluding hydrogens is 112 g/mol. The lowest BCUT2D eigenvalue weighted by Gasteiger charge is -1.87. The van der Waals surface area contributed by atoms with Gasteiger partial charge in [0.1, 0.15) is 5.84 Å². The first kappa shape index (κ1) is 6.76. The van der Waals surface area contributed by atoms with Gasteiger partial charge in [0.2, 0.25) is 0 Å². The summed E-state index contributed by atoms with van der Waals surface area (Å²) < 4.78 is 0. The van der Waals surface area contributed by atoms with E-state index in [0.717, 1.165) is 6.54 Å². The Hall–Kier alpha value is -0.240. The van der Waals surface area contributed by atoms with Gasteiger partial charge in [-0.1, -0.05) is 0 Å². The van der Waals surface area contributed by atoms with Crippen LogP contribution in [0.4, 0.5) is 0 Å². The molecule has 0 aliphatic rings. The average Bonchev–Trinajstić information content (AvgIpc) is 1.68. The Bertz CT molecular complexity index is 70.1. The van der Waals surface area contributed by atoms with Crippen LogP contribution in [0.3, 0.4) is 0 Å². The summed E-state index contributed by atoms with van der Waals surface area (Å²) in [5.41, 5.74) is 5.20. The van der Waals surface area contributed by atoms with Crippen molar-refractivity contribution in [3.8, 4) is 0 Å². The second kappa shape index (κ2) is 3.93. The van der Waals surface area contributed by atoms with Crippen LogP contribution in [-0.2, 0) is 0 Å². The van der Waals surface area contributed by atoms with Crippen molar-refractivity contribution in [1.82, 2.24) is 0 Å². The lowest BCUT2D eigenvalue weighted by Crippen LogP contribution is -2.12. The highest BCUT2D eigenvalue weighted by molar-refractivity contribution is 6.27. The van der Waals surface area contributed by atoms with Gasteiger partial charge in [-0.2, -0.15) is 0 Å². The van der Waals surface area contributed by atoms with Crippen LogP contribution in [0.5, 0.6) is 0 Å². The fourth-order valence-electron chi connectivity index (χ4n) is 0.245. The number of amidine groups is 1. The first-order valence-corrected chi connectivity index (χ1v) is 2.69. The van der Waals surface area contributed by atoms with Crippen molar-refractivity contribution in [2.75, 3.05) is 12.4 Å². The predicted octanol–water partition coefficient (Wildman–Crippen LogP) is 0.602. The van der Waals surface area contributed by atoms with Gasteiger partial charge in [-0.05, 0) is 6.92 Å². The number of hydrogen-bond donors (Lipinski definition) is 1. The Morgan fingerprint density at radius 3 is 2.57 bits per heavy atom. The Kier molecular flexibility index (Phi) is 3.80. The van der Waals surface area contributed by atoms with E-state index in [1.165, 1.54) is 0 Å². The number of nitrogens with zero attached hydrogens (tertiary/aromatic N) is 1. The van der Waals surface area contributed by atoms with Crippen LogP contribution >= 0.6 is 11.6 Å². The summed E-state index contributed by atoms with van der Waals surface area (Å²) in [5, 5.41) is 0. The molecule has 2 N–H and O–H groups in total. The summed E-state index contributed by atoms with van der Waals surface area (Å²) in [6.45, 7) is 2.64. The molecule has 0 fully saturated rings. The highest BCUT2D eigenvalue weighted by atomic mass is 35.5. The normalized spacial score (nSPS) is 12.0. The van der Waals surface area contributed by atoms with Crippen LogP contribution < -0.4 is 5.73 Å². The maximum Gasteiger partial charge on any atom is 0.109 e. The Morgan fingerprint density at radius 2 is 2.43 bits per heavy atom. The van der Waals surface area contributed by atoms with Crippen LogP contribution in [0, 0.1) is 0 Å². The minimum atomic E-state index is 0.341. The zero-order valence-corrected chi connectivity index (χ0v) is 5.07. The van der Waals surface area contributed by atoms with Gasteiger partial charge < -0.3 is 5.73 Å². The molecule has 7 heavy (non-hydrogen) atoms. The highest BCUT2D eigenvalue weighted by Crippen LogP contribution is 1.74. The van der Waals surface area contributed by atoms with E-state index in [0.29, 0.717) is 11.7 Å². The molecule has 0 atom stereocenters. The zero-order chi connectivity index (χ0) is 5.70. The van der Waals surface area contributed by atoms with Crippen LogP contribution in [0.1, 0.15) is 6.92 Å². The average molecular weight is 121 g/mol. The Labute approximate surface area is 48.4 Å². The largest absolute Gasteiger partial charge is 0.386 e. The molecule has 42 valence electrons. The third-order valence-electron chi connectivity index (χ3n) is 0.498. The summed E-state index contributed by atoms with van der Waals surface area (Å²) in [5.74, 6) is 0.859. The SMILES string of the molecule is CCN=C(N)CCl. The number of rotatable bonds is 2. The fourth-order valence-corrected chi connectivity index (χ4v) is 0.330. The molecule has 0 spiro atoms. The molecule has 0 aliphatic heterocycles. The van der Waals surface area contributed by atoms with Crippen molar-refractivity contribution in [3.63, 3.8) is 0 Å². The number of nitrogens with two attached hydrogens (primary N) is 1. The van der Waals surface area contributed by atoms with E-state index in [4.69, 9.17) is 17.3 Å². The first-order chi connectivity index (χ1) is 3.31. The molecule has 0 amide bonds. The van der Waals surface area contributed by atoms with E-state index in [1.54, 1.807) is 0 Å². The van der Waals surface area contributed by atoms with Gasteiger partial charge in [0.05, 0.1) is 5.88 Å². The molecule has 0 rings (SSSR count). The number of halogens is 1. The molecule has 0 heterocycles. The van der Waals surface area contributed by atoms with Gasteiger partial charge in [0, 0.05) is 6.54 Å². The lowest BCUT2D eigenvalue weighted by molar-refractivity contribution is 1.12. The molecule has 3 heteroatoms. The van der Waals surface area contributed by atoms with E-state index >= 15 is 0 Å². The monoisotopic (exact) mass is 120 g/mol. The predicted molar refractivity (Wildman–Crippen MR) is 32.9 cm³/mol. The van der Waals surface area contributed by atoms with Crippen LogP contribution in [-0.4, -0.2) is 18.3 Å². The quantitative estimate of drug-likeness (QED) is 0.324. The zero-order valence-electron chi connectivity index (χ0n) is 4.32. The molecule has 2 nitrogen and oxygen atoms in total. The topological polar surface area (TPSA) is 38.4 Å². The number of hydrogen-bond acceptors (Lipinski definition) is 1. The molecule has 0 saturated carbocycles. The third kappa shape index (κ3) is 3.59. The van der Waals surface area contributed by atoms with Gasteiger partial charge >= 0.3 is 0 Å². The summed E-state index contributed by atoms with van der Waals surface area (Å²) >= 11 is 5.27. The summed E-state index contributed by atoms with van der Waals surface area (Å²) in [7, 11) is 0. The summed E-state index contributed by atoms with van der Waals surface area (Å²) in [6, 6.07) is 0. The number of alkyl halides is 1. The molecule has 0 radical (unpaired) electrons. The molecule has 0 aliphatic carbocycles. The van der Waals surface area contributed by atoms with Crippen molar-refractivity contribution >= 4 is 17.4 Å². The number of aliphatic imine (C=N–C) groups is 1. The maximum atomic E-state index is 5.27. The van der Waals surface area contributed by atoms with E-state index in [-0.39, 0.29) is 0 Å². The van der Waals surface area contributed by atoms with Gasteiger partial charge in [-0.3, -0.25) is 4.99 Å². The van der Waals surface area contributed by atoms with Crippen molar-refractivity contribution in [2.24, 2.45) is 10.7 Å². The Balaban J connectivity index is 3.29. The van der Waals surface area contributed by atoms with Crippen molar-refractivity contribution in [1.29, 1.82) is 0 Å². The fraction of sp³-hybridized carbons (Fsp3) is 0.750. The van der Waals surface area contributed by atoms with Gasteiger partial charge in [-0.15, -0.1) is 11.6 Å². The smallest absolute Gasteiger partial charge is 0.109 e. The molecular formula is C4H9ClN2. The minimum Gasteiger partial charge on any atom is -0.386 e. The molecule has 0 aromatic rings. The third-order valence-corrected chi connectivity index (χ3v) is 0.772. The summed E-state index contributed by atoms with van der Waals surface area (Å²) in [6.07, 6.45) is 0. The van der Waals surface area contributed by atoms with Gasteiger partial charge in [-0.25, -0.2) is 0 Å². The highest BCUT2D eigenvalue weighted by Gasteiger charge is 1.80. The molecule has 0 aromatic heterocycles.